The average molecular weight is 460 g/mol. The number of amides is 2. The number of fused-ring (bicyclic) bond motifs is 3. The minimum Gasteiger partial charge on any atom is -0.344 e. The highest BCUT2D eigenvalue weighted by atomic mass is 16.2. The van der Waals surface area contributed by atoms with Crippen LogP contribution < -0.4 is 10.6 Å². The Hall–Kier alpha value is -4.64. The molecular formula is C30H25N3O2. The Morgan fingerprint density at radius 2 is 1.51 bits per heavy atom. The Bertz CT molecular complexity index is 1600. The van der Waals surface area contributed by atoms with E-state index in [9.17, 15) is 9.59 Å². The second-order valence-corrected chi connectivity index (χ2v) is 8.55. The maximum atomic E-state index is 13.3. The van der Waals surface area contributed by atoms with Crippen molar-refractivity contribution in [2.24, 2.45) is 7.05 Å². The molecule has 0 unspecified atom stereocenters. The second-order valence-electron chi connectivity index (χ2n) is 8.55. The normalized spacial score (nSPS) is 11.5. The summed E-state index contributed by atoms with van der Waals surface area (Å²) in [5.41, 5.74) is 5.39. The second kappa shape index (κ2) is 9.31. The van der Waals surface area contributed by atoms with Crippen LogP contribution in [0.4, 0.5) is 5.69 Å². The molecule has 0 atom stereocenters. The summed E-state index contributed by atoms with van der Waals surface area (Å²) in [6, 6.07) is 30.7. The van der Waals surface area contributed by atoms with Crippen molar-refractivity contribution in [3.63, 3.8) is 0 Å². The van der Waals surface area contributed by atoms with Gasteiger partial charge < -0.3 is 15.2 Å². The van der Waals surface area contributed by atoms with Gasteiger partial charge >= 0.3 is 0 Å². The number of aromatic nitrogens is 1. The summed E-state index contributed by atoms with van der Waals surface area (Å²) < 4.78 is 2.15. The number of nitrogens with zero attached hydrogens (tertiary/aromatic N) is 1. The van der Waals surface area contributed by atoms with Gasteiger partial charge in [0, 0.05) is 40.1 Å². The molecule has 0 bridgehead atoms. The van der Waals surface area contributed by atoms with Gasteiger partial charge in [-0.15, -0.1) is 0 Å². The third-order valence-electron chi connectivity index (χ3n) is 6.05. The van der Waals surface area contributed by atoms with Crippen LogP contribution in [0.15, 0.2) is 103 Å². The Balaban J connectivity index is 1.55. The van der Waals surface area contributed by atoms with E-state index >= 15 is 0 Å². The van der Waals surface area contributed by atoms with Crippen molar-refractivity contribution in [1.82, 2.24) is 9.88 Å². The van der Waals surface area contributed by atoms with Gasteiger partial charge in [0.2, 0.25) is 0 Å². The molecule has 2 amide bonds. The fourth-order valence-corrected chi connectivity index (χ4v) is 4.31. The van der Waals surface area contributed by atoms with Crippen LogP contribution in [0, 0.1) is 6.92 Å². The molecule has 4 aromatic carbocycles. The van der Waals surface area contributed by atoms with Crippen molar-refractivity contribution < 1.29 is 9.59 Å². The lowest BCUT2D eigenvalue weighted by Gasteiger charge is -2.12. The van der Waals surface area contributed by atoms with Crippen LogP contribution in [0.5, 0.6) is 0 Å². The fraction of sp³-hybridized carbons (Fsp3) is 0.0667. The molecular weight excluding hydrogens is 434 g/mol. The summed E-state index contributed by atoms with van der Waals surface area (Å²) in [7, 11) is 2.04. The lowest BCUT2D eigenvalue weighted by atomic mass is 10.1. The topological polar surface area (TPSA) is 63.1 Å². The number of rotatable bonds is 5. The van der Waals surface area contributed by atoms with Gasteiger partial charge in [-0.05, 0) is 66.6 Å². The van der Waals surface area contributed by atoms with Gasteiger partial charge in [-0.1, -0.05) is 54.6 Å². The lowest BCUT2D eigenvalue weighted by molar-refractivity contribution is -0.113. The molecule has 0 radical (unpaired) electrons. The average Bonchev–Trinajstić information content (AvgIpc) is 3.15. The van der Waals surface area contributed by atoms with Crippen molar-refractivity contribution in [3.05, 3.63) is 119 Å². The third kappa shape index (κ3) is 4.57. The minimum atomic E-state index is -0.391. The van der Waals surface area contributed by atoms with E-state index in [2.05, 4.69) is 27.3 Å². The zero-order valence-electron chi connectivity index (χ0n) is 19.6. The first kappa shape index (κ1) is 22.2. The predicted molar refractivity (Wildman–Crippen MR) is 142 cm³/mol. The first-order valence-corrected chi connectivity index (χ1v) is 11.4. The van der Waals surface area contributed by atoms with Gasteiger partial charge in [0.15, 0.2) is 0 Å². The predicted octanol–water partition coefficient (Wildman–Crippen LogP) is 6.05. The minimum absolute atomic E-state index is 0.167. The number of hydrogen-bond donors (Lipinski definition) is 2. The van der Waals surface area contributed by atoms with Crippen LogP contribution in [0.2, 0.25) is 0 Å². The molecule has 172 valence electrons. The first-order chi connectivity index (χ1) is 17.0. The van der Waals surface area contributed by atoms with Gasteiger partial charge in [0.25, 0.3) is 11.8 Å². The number of para-hydroxylation sites is 1. The molecule has 0 spiro atoms. The molecule has 0 aliphatic carbocycles. The Kier molecular flexibility index (Phi) is 5.90. The van der Waals surface area contributed by atoms with E-state index in [0.717, 1.165) is 32.9 Å². The molecule has 1 heterocycles. The number of anilines is 1. The zero-order chi connectivity index (χ0) is 24.4. The van der Waals surface area contributed by atoms with E-state index in [4.69, 9.17) is 0 Å². The number of nitrogens with one attached hydrogen (secondary N) is 2. The van der Waals surface area contributed by atoms with Crippen LogP contribution >= 0.6 is 0 Å². The van der Waals surface area contributed by atoms with Crippen molar-refractivity contribution in [3.8, 4) is 0 Å². The highest BCUT2D eigenvalue weighted by Gasteiger charge is 2.16. The molecule has 1 aromatic heterocycles. The van der Waals surface area contributed by atoms with Crippen molar-refractivity contribution in [2.75, 3.05) is 5.32 Å². The fourth-order valence-electron chi connectivity index (χ4n) is 4.31. The molecule has 0 fully saturated rings. The van der Waals surface area contributed by atoms with E-state index in [1.165, 1.54) is 0 Å². The van der Waals surface area contributed by atoms with E-state index in [-0.39, 0.29) is 11.6 Å². The molecule has 0 aliphatic rings. The Labute approximate surface area is 203 Å². The summed E-state index contributed by atoms with van der Waals surface area (Å²) in [4.78, 5) is 26.2. The summed E-state index contributed by atoms with van der Waals surface area (Å²) in [6.45, 7) is 1.96. The molecule has 2 N–H and O–H groups in total. The molecule has 0 aliphatic heterocycles. The van der Waals surface area contributed by atoms with E-state index in [0.29, 0.717) is 11.3 Å². The molecule has 0 saturated carbocycles. The number of hydrogen-bond acceptors (Lipinski definition) is 2. The van der Waals surface area contributed by atoms with Gasteiger partial charge in [-0.25, -0.2) is 0 Å². The smallest absolute Gasteiger partial charge is 0.272 e. The molecule has 5 heteroatoms. The quantitative estimate of drug-likeness (QED) is 0.314. The molecule has 5 nitrogen and oxygen atoms in total. The van der Waals surface area contributed by atoms with Gasteiger partial charge in [0.05, 0.1) is 0 Å². The van der Waals surface area contributed by atoms with Crippen molar-refractivity contribution in [2.45, 2.75) is 6.92 Å². The summed E-state index contributed by atoms with van der Waals surface area (Å²) in [5, 5.41) is 7.94. The molecule has 35 heavy (non-hydrogen) atoms. The first-order valence-electron chi connectivity index (χ1n) is 11.4. The molecule has 0 saturated heterocycles. The van der Waals surface area contributed by atoms with E-state index in [1.54, 1.807) is 30.3 Å². The van der Waals surface area contributed by atoms with E-state index in [1.807, 2.05) is 74.6 Å². The van der Waals surface area contributed by atoms with Crippen LogP contribution in [0.25, 0.3) is 27.9 Å². The van der Waals surface area contributed by atoms with Crippen LogP contribution in [0.1, 0.15) is 21.5 Å². The van der Waals surface area contributed by atoms with Crippen LogP contribution in [-0.2, 0) is 11.8 Å². The molecule has 5 aromatic rings. The third-order valence-corrected chi connectivity index (χ3v) is 6.05. The lowest BCUT2D eigenvalue weighted by Crippen LogP contribution is -2.30. The maximum absolute atomic E-state index is 13.3. The largest absolute Gasteiger partial charge is 0.344 e. The Morgan fingerprint density at radius 1 is 0.771 bits per heavy atom. The van der Waals surface area contributed by atoms with Gasteiger partial charge in [-0.2, -0.15) is 0 Å². The van der Waals surface area contributed by atoms with Crippen molar-refractivity contribution in [1.29, 1.82) is 0 Å². The number of carbonyl (C=O) groups is 2. The zero-order valence-corrected chi connectivity index (χ0v) is 19.6. The van der Waals surface area contributed by atoms with E-state index < -0.39 is 5.91 Å². The number of carbonyl (C=O) groups excluding carboxylic acids is 2. The summed E-state index contributed by atoms with van der Waals surface area (Å²) >= 11 is 0. The summed E-state index contributed by atoms with van der Waals surface area (Å²) in [5.74, 6) is -0.736. The highest BCUT2D eigenvalue weighted by Crippen LogP contribution is 2.29. The SMILES string of the molecule is Cc1cccc(NC(=O)C(=Cc2ccc3c(c2)c2ccccc2n3C)NC(=O)c2ccccc2)c1. The molecule has 5 rings (SSSR count). The standard InChI is InChI=1S/C30H25N3O2/c1-20-9-8-12-23(17-20)31-30(35)26(32-29(34)22-10-4-3-5-11-22)19-21-15-16-28-25(18-21)24-13-6-7-14-27(24)33(28)2/h3-19H,1-2H3,(H,31,35)(H,32,34). The monoisotopic (exact) mass is 459 g/mol. The summed E-state index contributed by atoms with van der Waals surface area (Å²) in [6.07, 6.45) is 1.72. The van der Waals surface area contributed by atoms with Gasteiger partial charge in [0.1, 0.15) is 5.70 Å². The van der Waals surface area contributed by atoms with Crippen LogP contribution in [0.3, 0.4) is 0 Å². The van der Waals surface area contributed by atoms with Gasteiger partial charge in [-0.3, -0.25) is 9.59 Å². The van der Waals surface area contributed by atoms with Crippen LogP contribution in [-0.4, -0.2) is 16.4 Å². The van der Waals surface area contributed by atoms with Crippen molar-refractivity contribution >= 4 is 45.4 Å². The number of aryl methyl sites for hydroxylation is 2. The maximum Gasteiger partial charge on any atom is 0.272 e. The number of benzene rings is 4. The Morgan fingerprint density at radius 3 is 2.31 bits per heavy atom. The highest BCUT2D eigenvalue weighted by molar-refractivity contribution is 6.12.